The van der Waals surface area contributed by atoms with Gasteiger partial charge >= 0.3 is 0 Å². The largest absolute Gasteiger partial charge is 0.392 e. The second-order valence-corrected chi connectivity index (χ2v) is 7.11. The molecule has 4 nitrogen and oxygen atoms in total. The Morgan fingerprint density at radius 2 is 2.05 bits per heavy atom. The van der Waals surface area contributed by atoms with E-state index in [0.717, 1.165) is 23.4 Å². The van der Waals surface area contributed by atoms with E-state index in [0.29, 0.717) is 19.0 Å². The molecule has 0 aliphatic heterocycles. The minimum atomic E-state index is -0.291. The minimum absolute atomic E-state index is 0.0140. The van der Waals surface area contributed by atoms with Crippen LogP contribution in [0.4, 0.5) is 5.00 Å². The van der Waals surface area contributed by atoms with Gasteiger partial charge in [-0.25, -0.2) is 0 Å². The Kier molecular flexibility index (Phi) is 4.83. The maximum absolute atomic E-state index is 12.0. The highest BCUT2D eigenvalue weighted by Gasteiger charge is 2.30. The summed E-state index contributed by atoms with van der Waals surface area (Å²) < 4.78 is 0. The minimum Gasteiger partial charge on any atom is -0.392 e. The highest BCUT2D eigenvalue weighted by Crippen LogP contribution is 2.33. The molecule has 112 valence electrons. The lowest BCUT2D eigenvalue weighted by atomic mass is 10.2. The van der Waals surface area contributed by atoms with Gasteiger partial charge in [0.15, 0.2) is 0 Å². The van der Waals surface area contributed by atoms with Crippen LogP contribution in [0.15, 0.2) is 0 Å². The Labute approximate surface area is 124 Å². The van der Waals surface area contributed by atoms with Crippen molar-refractivity contribution in [3.8, 4) is 0 Å². The van der Waals surface area contributed by atoms with Crippen LogP contribution in [0.1, 0.15) is 28.8 Å². The molecule has 5 heteroatoms. The summed E-state index contributed by atoms with van der Waals surface area (Å²) in [7, 11) is 1.88. The van der Waals surface area contributed by atoms with Gasteiger partial charge in [0, 0.05) is 11.4 Å². The smallest absolute Gasteiger partial charge is 0.239 e. The Bertz CT molecular complexity index is 494. The van der Waals surface area contributed by atoms with E-state index in [1.165, 1.54) is 10.4 Å². The van der Waals surface area contributed by atoms with Crippen molar-refractivity contribution in [3.63, 3.8) is 0 Å². The van der Waals surface area contributed by atoms with Crippen LogP contribution >= 0.6 is 11.3 Å². The van der Waals surface area contributed by atoms with Crippen molar-refractivity contribution in [2.24, 2.45) is 5.92 Å². The van der Waals surface area contributed by atoms with Gasteiger partial charge in [-0.1, -0.05) is 0 Å². The number of nitrogens with one attached hydrogen (secondary N) is 1. The first-order valence-electron chi connectivity index (χ1n) is 7.11. The number of thiophene rings is 1. The van der Waals surface area contributed by atoms with Crippen molar-refractivity contribution in [2.45, 2.75) is 39.7 Å². The normalized spacial score (nSPS) is 16.5. The van der Waals surface area contributed by atoms with E-state index in [1.807, 2.05) is 18.9 Å². The molecule has 1 amide bonds. The number of anilines is 1. The summed E-state index contributed by atoms with van der Waals surface area (Å²) >= 11 is 1.63. The predicted molar refractivity (Wildman–Crippen MR) is 83.4 cm³/mol. The van der Waals surface area contributed by atoms with Gasteiger partial charge in [0.2, 0.25) is 5.91 Å². The molecule has 0 saturated heterocycles. The molecular formula is C15H24N2O2S. The number of hydrogen-bond acceptors (Lipinski definition) is 4. The van der Waals surface area contributed by atoms with Crippen LogP contribution in [0.3, 0.4) is 0 Å². The highest BCUT2D eigenvalue weighted by molar-refractivity contribution is 7.16. The van der Waals surface area contributed by atoms with Crippen molar-refractivity contribution in [3.05, 3.63) is 16.0 Å². The fraction of sp³-hybridized carbons (Fsp3) is 0.667. The summed E-state index contributed by atoms with van der Waals surface area (Å²) in [6, 6.07) is 0. The van der Waals surface area contributed by atoms with E-state index in [2.05, 4.69) is 19.2 Å². The zero-order chi connectivity index (χ0) is 14.9. The fourth-order valence-corrected chi connectivity index (χ4v) is 3.37. The van der Waals surface area contributed by atoms with Gasteiger partial charge in [-0.05, 0) is 57.7 Å². The van der Waals surface area contributed by atoms with Gasteiger partial charge in [-0.3, -0.25) is 9.69 Å². The van der Waals surface area contributed by atoms with Crippen molar-refractivity contribution in [1.82, 2.24) is 4.90 Å². The Morgan fingerprint density at radius 3 is 2.55 bits per heavy atom. The van der Waals surface area contributed by atoms with Crippen molar-refractivity contribution in [1.29, 1.82) is 0 Å². The first-order valence-corrected chi connectivity index (χ1v) is 7.93. The Morgan fingerprint density at radius 1 is 1.40 bits per heavy atom. The number of hydrogen-bond donors (Lipinski definition) is 2. The third-order valence-electron chi connectivity index (χ3n) is 4.02. The number of rotatable bonds is 6. The van der Waals surface area contributed by atoms with Gasteiger partial charge in [0.05, 0.1) is 17.6 Å². The van der Waals surface area contributed by atoms with Crippen LogP contribution in [-0.2, 0) is 4.79 Å². The molecule has 1 aliphatic rings. The molecule has 0 aromatic carbocycles. The van der Waals surface area contributed by atoms with E-state index < -0.39 is 0 Å². The molecule has 2 rings (SSSR count). The lowest BCUT2D eigenvalue weighted by Gasteiger charge is -2.19. The number of aryl methyl sites for hydroxylation is 1. The molecule has 0 radical (unpaired) electrons. The number of carbonyl (C=O) groups excluding carboxylic acids is 1. The molecule has 2 N–H and O–H groups in total. The molecule has 1 aromatic rings. The van der Waals surface area contributed by atoms with E-state index in [1.54, 1.807) is 11.3 Å². The average molecular weight is 296 g/mol. The standard InChI is InChI=1S/C15H24N2O2S/c1-9-10(2)15(20-11(9)3)16-14(19)8-17(4)7-13(18)12-5-6-12/h12-13,18H,5-8H2,1-4H3,(H,16,19). The second-order valence-electron chi connectivity index (χ2n) is 5.89. The van der Waals surface area contributed by atoms with Gasteiger partial charge in [-0.15, -0.1) is 11.3 Å². The monoisotopic (exact) mass is 296 g/mol. The Hall–Kier alpha value is -0.910. The summed E-state index contributed by atoms with van der Waals surface area (Å²) in [6.07, 6.45) is 1.95. The first-order chi connectivity index (χ1) is 9.38. The van der Waals surface area contributed by atoms with Crippen LogP contribution in [0.25, 0.3) is 0 Å². The molecular weight excluding hydrogens is 272 g/mol. The quantitative estimate of drug-likeness (QED) is 0.847. The van der Waals surface area contributed by atoms with Gasteiger partial charge in [0.1, 0.15) is 0 Å². The van der Waals surface area contributed by atoms with Crippen molar-refractivity contribution >= 4 is 22.2 Å². The molecule has 20 heavy (non-hydrogen) atoms. The zero-order valence-electron chi connectivity index (χ0n) is 12.7. The molecule has 0 spiro atoms. The van der Waals surface area contributed by atoms with Crippen LogP contribution in [0, 0.1) is 26.7 Å². The molecule has 1 aromatic heterocycles. The Balaban J connectivity index is 1.83. The topological polar surface area (TPSA) is 52.6 Å². The number of likely N-dealkylation sites (N-methyl/N-ethyl adjacent to an activating group) is 1. The summed E-state index contributed by atoms with van der Waals surface area (Å²) in [5.74, 6) is 0.435. The number of aliphatic hydroxyl groups is 1. The number of aliphatic hydroxyl groups excluding tert-OH is 1. The summed E-state index contributed by atoms with van der Waals surface area (Å²) in [6.45, 7) is 7.07. The molecule has 1 fully saturated rings. The number of amides is 1. The van der Waals surface area contributed by atoms with Gasteiger partial charge in [0.25, 0.3) is 0 Å². The van der Waals surface area contributed by atoms with Crippen molar-refractivity contribution in [2.75, 3.05) is 25.5 Å². The first kappa shape index (κ1) is 15.5. The molecule has 1 aliphatic carbocycles. The van der Waals surface area contributed by atoms with Crippen LogP contribution in [-0.4, -0.2) is 42.2 Å². The van der Waals surface area contributed by atoms with E-state index in [4.69, 9.17) is 0 Å². The van der Waals surface area contributed by atoms with Crippen LogP contribution < -0.4 is 5.32 Å². The average Bonchev–Trinajstić information content (AvgIpc) is 3.16. The summed E-state index contributed by atoms with van der Waals surface area (Å²) in [5, 5.41) is 13.8. The van der Waals surface area contributed by atoms with Gasteiger partial charge < -0.3 is 10.4 Å². The molecule has 1 unspecified atom stereocenters. The predicted octanol–water partition coefficient (Wildman–Crippen LogP) is 2.31. The third-order valence-corrected chi connectivity index (χ3v) is 5.24. The van der Waals surface area contributed by atoms with E-state index in [9.17, 15) is 9.90 Å². The number of carbonyl (C=O) groups is 1. The van der Waals surface area contributed by atoms with Crippen LogP contribution in [0.5, 0.6) is 0 Å². The van der Waals surface area contributed by atoms with Crippen molar-refractivity contribution < 1.29 is 9.90 Å². The lowest BCUT2D eigenvalue weighted by Crippen LogP contribution is -2.36. The summed E-state index contributed by atoms with van der Waals surface area (Å²) in [5.41, 5.74) is 2.41. The summed E-state index contributed by atoms with van der Waals surface area (Å²) in [4.78, 5) is 15.2. The van der Waals surface area contributed by atoms with Crippen LogP contribution in [0.2, 0.25) is 0 Å². The molecule has 1 saturated carbocycles. The third kappa shape index (κ3) is 3.81. The van der Waals surface area contributed by atoms with E-state index >= 15 is 0 Å². The molecule has 1 atom stereocenters. The number of nitrogens with zero attached hydrogens (tertiary/aromatic N) is 1. The second kappa shape index (κ2) is 6.24. The maximum Gasteiger partial charge on any atom is 0.239 e. The highest BCUT2D eigenvalue weighted by atomic mass is 32.1. The SMILES string of the molecule is Cc1sc(NC(=O)CN(C)CC(O)C2CC2)c(C)c1C. The van der Waals surface area contributed by atoms with E-state index in [-0.39, 0.29) is 12.0 Å². The zero-order valence-corrected chi connectivity index (χ0v) is 13.5. The maximum atomic E-state index is 12.0. The molecule has 0 bridgehead atoms. The fourth-order valence-electron chi connectivity index (χ4n) is 2.29. The molecule has 1 heterocycles. The van der Waals surface area contributed by atoms with Gasteiger partial charge in [-0.2, -0.15) is 0 Å². The lowest BCUT2D eigenvalue weighted by molar-refractivity contribution is -0.117.